The van der Waals surface area contributed by atoms with Gasteiger partial charge in [0.15, 0.2) is 0 Å². The molecule has 0 aromatic heterocycles. The molecule has 0 fully saturated rings. The molecule has 21 heavy (non-hydrogen) atoms. The molecule has 1 amide bonds. The Kier molecular flexibility index (Phi) is 4.56. The SMILES string of the molecule is COc1cccc(CC(=O)Nc2ccccc2C(=O)O)c1. The van der Waals surface area contributed by atoms with E-state index >= 15 is 0 Å². The van der Waals surface area contributed by atoms with Gasteiger partial charge in [-0.2, -0.15) is 0 Å². The van der Waals surface area contributed by atoms with E-state index in [1.807, 2.05) is 6.07 Å². The highest BCUT2D eigenvalue weighted by Crippen LogP contribution is 2.17. The Morgan fingerprint density at radius 1 is 1.14 bits per heavy atom. The minimum absolute atomic E-state index is 0.0662. The van der Waals surface area contributed by atoms with Crippen molar-refractivity contribution in [2.45, 2.75) is 6.42 Å². The van der Waals surface area contributed by atoms with E-state index in [4.69, 9.17) is 9.84 Å². The van der Waals surface area contributed by atoms with Gasteiger partial charge >= 0.3 is 5.97 Å². The Balaban J connectivity index is 2.10. The molecule has 0 aliphatic carbocycles. The maximum Gasteiger partial charge on any atom is 0.337 e. The molecule has 0 unspecified atom stereocenters. The van der Waals surface area contributed by atoms with Gasteiger partial charge in [-0.25, -0.2) is 4.79 Å². The average molecular weight is 285 g/mol. The molecular formula is C16H15NO4. The van der Waals surface area contributed by atoms with Crippen LogP contribution in [0.5, 0.6) is 5.75 Å². The smallest absolute Gasteiger partial charge is 0.337 e. The molecule has 2 aromatic rings. The lowest BCUT2D eigenvalue weighted by atomic mass is 10.1. The monoisotopic (exact) mass is 285 g/mol. The number of carbonyl (C=O) groups is 2. The number of rotatable bonds is 5. The van der Waals surface area contributed by atoms with Gasteiger partial charge in [-0.05, 0) is 29.8 Å². The van der Waals surface area contributed by atoms with Crippen LogP contribution in [0.4, 0.5) is 5.69 Å². The number of carbonyl (C=O) groups excluding carboxylic acids is 1. The summed E-state index contributed by atoms with van der Waals surface area (Å²) in [6, 6.07) is 13.5. The Labute approximate surface area is 122 Å². The molecule has 0 saturated carbocycles. The standard InChI is InChI=1S/C16H15NO4/c1-21-12-6-4-5-11(9-12)10-15(18)17-14-8-3-2-7-13(14)16(19)20/h2-9H,10H2,1H3,(H,17,18)(H,19,20). The number of nitrogens with one attached hydrogen (secondary N) is 1. The maximum atomic E-state index is 12.0. The normalized spacial score (nSPS) is 9.95. The van der Waals surface area contributed by atoms with Crippen LogP contribution in [0.2, 0.25) is 0 Å². The molecule has 0 aliphatic heterocycles. The Hall–Kier alpha value is -2.82. The number of ether oxygens (including phenoxy) is 1. The van der Waals surface area contributed by atoms with Gasteiger partial charge in [0.2, 0.25) is 5.91 Å². The molecule has 0 spiro atoms. The van der Waals surface area contributed by atoms with Crippen LogP contribution >= 0.6 is 0 Å². The van der Waals surface area contributed by atoms with E-state index in [1.54, 1.807) is 43.5 Å². The quantitative estimate of drug-likeness (QED) is 0.885. The van der Waals surface area contributed by atoms with Gasteiger partial charge < -0.3 is 15.2 Å². The maximum absolute atomic E-state index is 12.0. The zero-order valence-electron chi connectivity index (χ0n) is 11.5. The second-order valence-corrected chi connectivity index (χ2v) is 4.43. The third kappa shape index (κ3) is 3.82. The molecule has 0 saturated heterocycles. The molecule has 2 rings (SSSR count). The van der Waals surface area contributed by atoms with Gasteiger partial charge in [-0.15, -0.1) is 0 Å². The molecule has 0 heterocycles. The van der Waals surface area contributed by atoms with Crippen LogP contribution in [0.15, 0.2) is 48.5 Å². The first kappa shape index (κ1) is 14.6. The van der Waals surface area contributed by atoms with Gasteiger partial charge in [0, 0.05) is 0 Å². The molecular weight excluding hydrogens is 270 g/mol. The van der Waals surface area contributed by atoms with Crippen LogP contribution in [0.25, 0.3) is 0 Å². The van der Waals surface area contributed by atoms with E-state index < -0.39 is 5.97 Å². The lowest BCUT2D eigenvalue weighted by molar-refractivity contribution is -0.115. The van der Waals surface area contributed by atoms with Crippen molar-refractivity contribution in [3.63, 3.8) is 0 Å². The van der Waals surface area contributed by atoms with Gasteiger partial charge in [-0.1, -0.05) is 24.3 Å². The van der Waals surface area contributed by atoms with Gasteiger partial charge in [0.05, 0.1) is 24.8 Å². The Bertz CT molecular complexity index is 667. The summed E-state index contributed by atoms with van der Waals surface area (Å²) in [7, 11) is 1.56. The fourth-order valence-electron chi connectivity index (χ4n) is 1.94. The predicted octanol–water partition coefficient (Wildman–Crippen LogP) is 2.57. The molecule has 0 aliphatic rings. The zero-order chi connectivity index (χ0) is 15.2. The van der Waals surface area contributed by atoms with Gasteiger partial charge in [0.1, 0.15) is 5.75 Å². The number of benzene rings is 2. The third-order valence-corrected chi connectivity index (χ3v) is 2.93. The summed E-state index contributed by atoms with van der Waals surface area (Å²) in [5.41, 5.74) is 1.15. The highest BCUT2D eigenvalue weighted by Gasteiger charge is 2.12. The second-order valence-electron chi connectivity index (χ2n) is 4.43. The van der Waals surface area contributed by atoms with Crippen molar-refractivity contribution in [1.29, 1.82) is 0 Å². The van der Waals surface area contributed by atoms with E-state index in [0.29, 0.717) is 5.75 Å². The minimum Gasteiger partial charge on any atom is -0.497 e. The van der Waals surface area contributed by atoms with Gasteiger partial charge in [0.25, 0.3) is 0 Å². The van der Waals surface area contributed by atoms with Crippen LogP contribution in [0.3, 0.4) is 0 Å². The first-order chi connectivity index (χ1) is 10.1. The first-order valence-electron chi connectivity index (χ1n) is 6.35. The van der Waals surface area contributed by atoms with Crippen LogP contribution in [0.1, 0.15) is 15.9 Å². The molecule has 5 heteroatoms. The van der Waals surface area contributed by atoms with Crippen molar-refractivity contribution in [1.82, 2.24) is 0 Å². The van der Waals surface area contributed by atoms with Crippen molar-refractivity contribution >= 4 is 17.6 Å². The minimum atomic E-state index is -1.08. The number of carboxylic acids is 1. The molecule has 0 radical (unpaired) electrons. The van der Waals surface area contributed by atoms with E-state index in [9.17, 15) is 9.59 Å². The molecule has 108 valence electrons. The molecule has 0 bridgehead atoms. The summed E-state index contributed by atoms with van der Waals surface area (Å²) < 4.78 is 5.10. The molecule has 5 nitrogen and oxygen atoms in total. The van der Waals surface area contributed by atoms with Crippen molar-refractivity contribution < 1.29 is 19.4 Å². The molecule has 0 atom stereocenters. The number of aromatic carboxylic acids is 1. The van der Waals surface area contributed by atoms with Crippen LogP contribution in [-0.2, 0) is 11.2 Å². The molecule has 2 N–H and O–H groups in total. The lowest BCUT2D eigenvalue weighted by Crippen LogP contribution is -2.16. The van der Waals surface area contributed by atoms with E-state index in [2.05, 4.69) is 5.32 Å². The fourth-order valence-corrected chi connectivity index (χ4v) is 1.94. The highest BCUT2D eigenvalue weighted by molar-refractivity contribution is 6.00. The number of hydrogen-bond acceptors (Lipinski definition) is 3. The second kappa shape index (κ2) is 6.56. The average Bonchev–Trinajstić information content (AvgIpc) is 2.47. The summed E-state index contributed by atoms with van der Waals surface area (Å²) in [5.74, 6) is -0.685. The van der Waals surface area contributed by atoms with Crippen LogP contribution < -0.4 is 10.1 Å². The van der Waals surface area contributed by atoms with E-state index in [1.165, 1.54) is 6.07 Å². The number of methoxy groups -OCH3 is 1. The topological polar surface area (TPSA) is 75.6 Å². The van der Waals surface area contributed by atoms with Crippen LogP contribution in [-0.4, -0.2) is 24.1 Å². The number of amides is 1. The summed E-state index contributed by atoms with van der Waals surface area (Å²) >= 11 is 0. The first-order valence-corrected chi connectivity index (χ1v) is 6.35. The Morgan fingerprint density at radius 3 is 2.62 bits per heavy atom. The number of anilines is 1. The number of hydrogen-bond donors (Lipinski definition) is 2. The highest BCUT2D eigenvalue weighted by atomic mass is 16.5. The summed E-state index contributed by atoms with van der Waals surface area (Å²) in [4.78, 5) is 23.1. The van der Waals surface area contributed by atoms with E-state index in [-0.39, 0.29) is 23.6 Å². The van der Waals surface area contributed by atoms with Crippen molar-refractivity contribution in [3.8, 4) is 5.75 Å². The zero-order valence-corrected chi connectivity index (χ0v) is 11.5. The fraction of sp³-hybridized carbons (Fsp3) is 0.125. The van der Waals surface area contributed by atoms with E-state index in [0.717, 1.165) is 5.56 Å². The van der Waals surface area contributed by atoms with Crippen molar-refractivity contribution in [2.75, 3.05) is 12.4 Å². The molecule has 2 aromatic carbocycles. The van der Waals surface area contributed by atoms with Crippen LogP contribution in [0, 0.1) is 0 Å². The van der Waals surface area contributed by atoms with Crippen molar-refractivity contribution in [3.05, 3.63) is 59.7 Å². The van der Waals surface area contributed by atoms with Crippen molar-refractivity contribution in [2.24, 2.45) is 0 Å². The third-order valence-electron chi connectivity index (χ3n) is 2.93. The van der Waals surface area contributed by atoms with Gasteiger partial charge in [-0.3, -0.25) is 4.79 Å². The number of para-hydroxylation sites is 1. The Morgan fingerprint density at radius 2 is 1.90 bits per heavy atom. The lowest BCUT2D eigenvalue weighted by Gasteiger charge is -2.09. The number of carboxylic acid groups (broad SMARTS) is 1. The summed E-state index contributed by atoms with van der Waals surface area (Å²) in [5, 5.41) is 11.7. The summed E-state index contributed by atoms with van der Waals surface area (Å²) in [6.45, 7) is 0. The predicted molar refractivity (Wildman–Crippen MR) is 78.7 cm³/mol. The summed E-state index contributed by atoms with van der Waals surface area (Å²) in [6.07, 6.45) is 0.144. The largest absolute Gasteiger partial charge is 0.497 e.